The standard InChI is InChI=1S/C10H12N2/c1-2-8-3-4-9-6-11-7-12-10(9)5-8/h3-5,7H,2,6H2,1H3,(H,11,12). The molecule has 1 heterocycles. The van der Waals surface area contributed by atoms with E-state index in [1.54, 1.807) is 6.34 Å². The molecule has 0 atom stereocenters. The van der Waals surface area contributed by atoms with E-state index >= 15 is 0 Å². The molecule has 0 saturated heterocycles. The van der Waals surface area contributed by atoms with Gasteiger partial charge in [-0.25, -0.2) is 4.99 Å². The molecule has 0 bridgehead atoms. The Morgan fingerprint density at radius 3 is 3.25 bits per heavy atom. The zero-order valence-electron chi connectivity index (χ0n) is 7.17. The van der Waals surface area contributed by atoms with Gasteiger partial charge in [0.2, 0.25) is 0 Å². The second kappa shape index (κ2) is 2.97. The van der Waals surface area contributed by atoms with Crippen LogP contribution in [0.15, 0.2) is 23.2 Å². The number of nitrogens with one attached hydrogen (secondary N) is 1. The van der Waals surface area contributed by atoms with E-state index < -0.39 is 0 Å². The molecule has 1 aromatic rings. The van der Waals surface area contributed by atoms with E-state index in [9.17, 15) is 0 Å². The van der Waals surface area contributed by atoms with E-state index in [2.05, 4.69) is 35.4 Å². The highest BCUT2D eigenvalue weighted by Gasteiger charge is 2.04. The summed E-state index contributed by atoms with van der Waals surface area (Å²) < 4.78 is 0. The number of nitrogens with zero attached hydrogens (tertiary/aromatic N) is 1. The van der Waals surface area contributed by atoms with Crippen LogP contribution in [0.1, 0.15) is 18.1 Å². The van der Waals surface area contributed by atoms with Crippen molar-refractivity contribution < 1.29 is 0 Å². The molecule has 0 aliphatic carbocycles. The highest BCUT2D eigenvalue weighted by atomic mass is 15.0. The SMILES string of the molecule is CCc1ccc2c(c1)N=CNC2. The fourth-order valence-corrected chi connectivity index (χ4v) is 1.37. The Morgan fingerprint density at radius 2 is 2.42 bits per heavy atom. The van der Waals surface area contributed by atoms with Crippen molar-refractivity contribution >= 4 is 12.0 Å². The van der Waals surface area contributed by atoms with Gasteiger partial charge in [0.1, 0.15) is 0 Å². The minimum atomic E-state index is 0.906. The molecule has 1 N–H and O–H groups in total. The largest absolute Gasteiger partial charge is 0.372 e. The highest BCUT2D eigenvalue weighted by Crippen LogP contribution is 2.22. The third-order valence-electron chi connectivity index (χ3n) is 2.15. The molecule has 0 amide bonds. The Kier molecular flexibility index (Phi) is 1.82. The quantitative estimate of drug-likeness (QED) is 0.667. The predicted octanol–water partition coefficient (Wildman–Crippen LogP) is 2.01. The topological polar surface area (TPSA) is 24.4 Å². The number of fused-ring (bicyclic) bond motifs is 1. The van der Waals surface area contributed by atoms with Crippen molar-refractivity contribution in [1.82, 2.24) is 5.32 Å². The molecule has 2 rings (SSSR count). The Bertz CT molecular complexity index is 316. The number of hydrogen-bond donors (Lipinski definition) is 1. The molecule has 0 aromatic heterocycles. The van der Waals surface area contributed by atoms with E-state index in [4.69, 9.17) is 0 Å². The lowest BCUT2D eigenvalue weighted by Gasteiger charge is -2.11. The summed E-state index contributed by atoms with van der Waals surface area (Å²) in [6.07, 6.45) is 2.85. The molecule has 62 valence electrons. The second-order valence-electron chi connectivity index (χ2n) is 2.96. The van der Waals surface area contributed by atoms with Gasteiger partial charge >= 0.3 is 0 Å². The summed E-state index contributed by atoms with van der Waals surface area (Å²) in [6, 6.07) is 6.48. The van der Waals surface area contributed by atoms with Gasteiger partial charge in [-0.3, -0.25) is 0 Å². The van der Waals surface area contributed by atoms with Gasteiger partial charge in [0.05, 0.1) is 12.0 Å². The summed E-state index contributed by atoms with van der Waals surface area (Å²) in [5.74, 6) is 0. The highest BCUT2D eigenvalue weighted by molar-refractivity contribution is 5.66. The fraction of sp³-hybridized carbons (Fsp3) is 0.300. The van der Waals surface area contributed by atoms with Crippen LogP contribution < -0.4 is 5.32 Å². The summed E-state index contributed by atoms with van der Waals surface area (Å²) in [5.41, 5.74) is 3.76. The molecule has 0 saturated carbocycles. The van der Waals surface area contributed by atoms with Crippen LogP contribution in [0.25, 0.3) is 0 Å². The summed E-state index contributed by atoms with van der Waals surface area (Å²) in [7, 11) is 0. The molecule has 1 aliphatic heterocycles. The summed E-state index contributed by atoms with van der Waals surface area (Å²) in [6.45, 7) is 3.06. The molecular formula is C10H12N2. The van der Waals surface area contributed by atoms with E-state index in [1.807, 2.05) is 0 Å². The lowest BCUT2D eigenvalue weighted by Crippen LogP contribution is -2.13. The van der Waals surface area contributed by atoms with E-state index in [0.717, 1.165) is 18.7 Å². The van der Waals surface area contributed by atoms with Gasteiger partial charge in [-0.05, 0) is 23.6 Å². The van der Waals surface area contributed by atoms with Crippen molar-refractivity contribution in [3.8, 4) is 0 Å². The van der Waals surface area contributed by atoms with Crippen LogP contribution in [0.3, 0.4) is 0 Å². The number of aryl methyl sites for hydroxylation is 1. The molecule has 2 heteroatoms. The van der Waals surface area contributed by atoms with Crippen molar-refractivity contribution in [2.45, 2.75) is 19.9 Å². The maximum absolute atomic E-state index is 4.27. The number of aliphatic imine (C=N–C) groups is 1. The molecule has 0 spiro atoms. The zero-order valence-corrected chi connectivity index (χ0v) is 7.17. The van der Waals surface area contributed by atoms with Crippen LogP contribution >= 0.6 is 0 Å². The molecular weight excluding hydrogens is 148 g/mol. The van der Waals surface area contributed by atoms with Gasteiger partial charge in [0.25, 0.3) is 0 Å². The van der Waals surface area contributed by atoms with Gasteiger partial charge in [-0.15, -0.1) is 0 Å². The smallest absolute Gasteiger partial charge is 0.0889 e. The first-order valence-corrected chi connectivity index (χ1v) is 4.28. The zero-order chi connectivity index (χ0) is 8.39. The number of benzene rings is 1. The van der Waals surface area contributed by atoms with Crippen LogP contribution in [0.2, 0.25) is 0 Å². The first kappa shape index (κ1) is 7.35. The Balaban J connectivity index is 2.44. The maximum Gasteiger partial charge on any atom is 0.0889 e. The van der Waals surface area contributed by atoms with Gasteiger partial charge in [0, 0.05) is 6.54 Å². The van der Waals surface area contributed by atoms with Gasteiger partial charge in [-0.1, -0.05) is 19.1 Å². The van der Waals surface area contributed by atoms with Crippen LogP contribution in [-0.2, 0) is 13.0 Å². The Hall–Kier alpha value is -1.31. The Morgan fingerprint density at radius 1 is 1.50 bits per heavy atom. The monoisotopic (exact) mass is 160 g/mol. The van der Waals surface area contributed by atoms with Crippen LogP contribution in [0.4, 0.5) is 5.69 Å². The third-order valence-corrected chi connectivity index (χ3v) is 2.15. The van der Waals surface area contributed by atoms with Crippen LogP contribution in [-0.4, -0.2) is 6.34 Å². The third kappa shape index (κ3) is 1.20. The van der Waals surface area contributed by atoms with Crippen molar-refractivity contribution in [2.75, 3.05) is 0 Å². The fourth-order valence-electron chi connectivity index (χ4n) is 1.37. The van der Waals surface area contributed by atoms with Crippen molar-refractivity contribution in [2.24, 2.45) is 4.99 Å². The molecule has 0 fully saturated rings. The lowest BCUT2D eigenvalue weighted by atomic mass is 10.1. The molecule has 2 nitrogen and oxygen atoms in total. The van der Waals surface area contributed by atoms with Crippen molar-refractivity contribution in [3.05, 3.63) is 29.3 Å². The van der Waals surface area contributed by atoms with E-state index in [0.29, 0.717) is 0 Å². The van der Waals surface area contributed by atoms with Crippen molar-refractivity contribution in [1.29, 1.82) is 0 Å². The van der Waals surface area contributed by atoms with Gasteiger partial charge in [-0.2, -0.15) is 0 Å². The molecule has 0 radical (unpaired) electrons. The molecule has 1 aromatic carbocycles. The van der Waals surface area contributed by atoms with E-state index in [-0.39, 0.29) is 0 Å². The predicted molar refractivity (Wildman–Crippen MR) is 50.8 cm³/mol. The molecule has 12 heavy (non-hydrogen) atoms. The molecule has 0 unspecified atom stereocenters. The summed E-state index contributed by atoms with van der Waals surface area (Å²) >= 11 is 0. The van der Waals surface area contributed by atoms with Crippen molar-refractivity contribution in [3.63, 3.8) is 0 Å². The first-order valence-electron chi connectivity index (χ1n) is 4.28. The lowest BCUT2D eigenvalue weighted by molar-refractivity contribution is 0.910. The summed E-state index contributed by atoms with van der Waals surface area (Å²) in [4.78, 5) is 4.27. The van der Waals surface area contributed by atoms with Gasteiger partial charge < -0.3 is 5.32 Å². The van der Waals surface area contributed by atoms with E-state index in [1.165, 1.54) is 11.1 Å². The normalized spacial score (nSPS) is 13.8. The first-order chi connectivity index (χ1) is 5.90. The van der Waals surface area contributed by atoms with Crippen LogP contribution in [0, 0.1) is 0 Å². The average Bonchev–Trinajstić information content (AvgIpc) is 2.17. The average molecular weight is 160 g/mol. The summed E-state index contributed by atoms with van der Waals surface area (Å²) in [5, 5.41) is 3.09. The molecule has 1 aliphatic rings. The second-order valence-corrected chi connectivity index (χ2v) is 2.96. The number of hydrogen-bond acceptors (Lipinski definition) is 2. The minimum Gasteiger partial charge on any atom is -0.372 e. The minimum absolute atomic E-state index is 0.906. The Labute approximate surface area is 72.3 Å². The van der Waals surface area contributed by atoms with Gasteiger partial charge in [0.15, 0.2) is 0 Å². The maximum atomic E-state index is 4.27. The van der Waals surface area contributed by atoms with Crippen LogP contribution in [0.5, 0.6) is 0 Å². The number of rotatable bonds is 1.